The highest BCUT2D eigenvalue weighted by Crippen LogP contribution is 2.23. The van der Waals surface area contributed by atoms with Crippen molar-refractivity contribution in [2.24, 2.45) is 0 Å². The van der Waals surface area contributed by atoms with Crippen LogP contribution in [0.2, 0.25) is 0 Å². The first-order chi connectivity index (χ1) is 13.3. The lowest BCUT2D eigenvalue weighted by atomic mass is 10.1. The summed E-state index contributed by atoms with van der Waals surface area (Å²) in [6, 6.07) is 0.946. The molecule has 0 aromatic rings. The summed E-state index contributed by atoms with van der Waals surface area (Å²) >= 11 is 0. The maximum Gasteiger partial charge on any atom is 0.263 e. The summed E-state index contributed by atoms with van der Waals surface area (Å²) < 4.78 is 0. The molecule has 1 unspecified atom stereocenters. The number of amides is 2. The number of nitrogens with one attached hydrogen (secondary N) is 2. The lowest BCUT2D eigenvalue weighted by Gasteiger charge is -2.30. The van der Waals surface area contributed by atoms with Gasteiger partial charge in [-0.25, -0.2) is 0 Å². The van der Waals surface area contributed by atoms with Gasteiger partial charge in [0.2, 0.25) is 0 Å². The van der Waals surface area contributed by atoms with E-state index in [4.69, 9.17) is 4.84 Å². The fourth-order valence-corrected chi connectivity index (χ4v) is 3.57. The van der Waals surface area contributed by atoms with Crippen molar-refractivity contribution in [3.05, 3.63) is 36.9 Å². The second-order valence-electron chi connectivity index (χ2n) is 7.68. The number of likely N-dealkylation sites (tertiary alicyclic amines) is 1. The molecule has 2 amide bonds. The highest BCUT2D eigenvalue weighted by Gasteiger charge is 2.31. The summed E-state index contributed by atoms with van der Waals surface area (Å²) in [5.41, 5.74) is 1.99. The summed E-state index contributed by atoms with van der Waals surface area (Å²) in [4.78, 5) is 30.8. The predicted octanol–water partition coefficient (Wildman–Crippen LogP) is 2.44. The van der Waals surface area contributed by atoms with E-state index in [2.05, 4.69) is 49.1 Å². The topological polar surface area (TPSA) is 73.9 Å². The van der Waals surface area contributed by atoms with Crippen molar-refractivity contribution in [1.29, 1.82) is 0 Å². The predicted molar refractivity (Wildman–Crippen MR) is 110 cm³/mol. The minimum atomic E-state index is -0.312. The molecule has 2 aliphatic heterocycles. The molecule has 0 saturated carbocycles. The molecule has 1 atom stereocenters. The fourth-order valence-electron chi connectivity index (χ4n) is 3.57. The van der Waals surface area contributed by atoms with E-state index in [-0.39, 0.29) is 24.7 Å². The molecule has 2 N–H and O–H groups in total. The molecule has 2 aliphatic rings. The highest BCUT2D eigenvalue weighted by molar-refractivity contribution is 6.00. The standard InChI is InChI=1S/C21H34N4O3/c1-15(2)24-14-6-7-19(24)18(5)23-12-10-16(3)22-13-11-17(4)28-25-20(26)8-9-21(25)27/h15,19,22-23H,3-14H2,1-2H3. The minimum absolute atomic E-state index is 0.204. The molecule has 0 radical (unpaired) electrons. The molecule has 2 heterocycles. The molecular weight excluding hydrogens is 356 g/mol. The van der Waals surface area contributed by atoms with E-state index in [0.717, 1.165) is 42.4 Å². The Hall–Kier alpha value is -2.28. The van der Waals surface area contributed by atoms with Gasteiger partial charge in [0.15, 0.2) is 0 Å². The zero-order chi connectivity index (χ0) is 20.7. The monoisotopic (exact) mass is 390 g/mol. The molecule has 0 aromatic heterocycles. The Kier molecular flexibility index (Phi) is 8.11. The third-order valence-corrected chi connectivity index (χ3v) is 5.14. The Balaban J connectivity index is 1.58. The molecule has 2 fully saturated rings. The Morgan fingerprint density at radius 1 is 1.11 bits per heavy atom. The van der Waals surface area contributed by atoms with Gasteiger partial charge in [-0.2, -0.15) is 0 Å². The Labute approximate surface area is 168 Å². The quantitative estimate of drug-likeness (QED) is 0.394. The van der Waals surface area contributed by atoms with Gasteiger partial charge in [0.05, 0.1) is 0 Å². The van der Waals surface area contributed by atoms with Crippen molar-refractivity contribution in [2.75, 3.05) is 19.6 Å². The molecule has 156 valence electrons. The number of carbonyl (C=O) groups excluding carboxylic acids is 2. The molecule has 28 heavy (non-hydrogen) atoms. The molecule has 7 heteroatoms. The van der Waals surface area contributed by atoms with Gasteiger partial charge in [0.1, 0.15) is 5.76 Å². The summed E-state index contributed by atoms with van der Waals surface area (Å²) in [6.45, 7) is 19.0. The number of hydrogen-bond acceptors (Lipinski definition) is 6. The van der Waals surface area contributed by atoms with Crippen LogP contribution in [-0.4, -0.2) is 53.5 Å². The minimum Gasteiger partial charge on any atom is -0.388 e. The maximum absolute atomic E-state index is 11.5. The van der Waals surface area contributed by atoms with E-state index in [1.54, 1.807) is 0 Å². The van der Waals surface area contributed by atoms with Crippen molar-refractivity contribution in [3.8, 4) is 0 Å². The summed E-state index contributed by atoms with van der Waals surface area (Å²) in [6.07, 6.45) is 4.06. The van der Waals surface area contributed by atoms with Crippen molar-refractivity contribution >= 4 is 11.8 Å². The van der Waals surface area contributed by atoms with Crippen LogP contribution in [-0.2, 0) is 14.4 Å². The van der Waals surface area contributed by atoms with Gasteiger partial charge in [-0.05, 0) is 33.2 Å². The van der Waals surface area contributed by atoms with Gasteiger partial charge in [0, 0.05) is 62.3 Å². The molecule has 0 aromatic carbocycles. The molecule has 0 bridgehead atoms. The summed E-state index contributed by atoms with van der Waals surface area (Å²) in [5.74, 6) is -0.244. The Bertz CT molecular complexity index is 613. The summed E-state index contributed by atoms with van der Waals surface area (Å²) in [7, 11) is 0. The maximum atomic E-state index is 11.5. The van der Waals surface area contributed by atoms with Crippen molar-refractivity contribution in [1.82, 2.24) is 20.6 Å². The molecule has 0 spiro atoms. The van der Waals surface area contributed by atoms with Crippen LogP contribution < -0.4 is 10.6 Å². The van der Waals surface area contributed by atoms with Gasteiger partial charge in [-0.1, -0.05) is 19.7 Å². The second kappa shape index (κ2) is 10.3. The number of carbonyl (C=O) groups is 2. The van der Waals surface area contributed by atoms with Crippen LogP contribution in [0.3, 0.4) is 0 Å². The highest BCUT2D eigenvalue weighted by atomic mass is 16.7. The number of rotatable bonds is 12. The SMILES string of the molecule is C=C(CCNC(=C)C1CCCN1C(C)C)NCCC(=C)ON1C(=O)CCC1=O. The molecule has 2 rings (SSSR count). The van der Waals surface area contributed by atoms with Crippen molar-refractivity contribution in [3.63, 3.8) is 0 Å². The second-order valence-corrected chi connectivity index (χ2v) is 7.68. The third-order valence-electron chi connectivity index (χ3n) is 5.14. The number of hydrogen-bond donors (Lipinski definition) is 2. The van der Waals surface area contributed by atoms with Gasteiger partial charge in [-0.3, -0.25) is 14.5 Å². The molecule has 2 saturated heterocycles. The normalized spacial score (nSPS) is 20.0. The number of hydroxylamine groups is 2. The number of imide groups is 1. The van der Waals surface area contributed by atoms with E-state index >= 15 is 0 Å². The van der Waals surface area contributed by atoms with E-state index in [1.807, 2.05) is 0 Å². The average molecular weight is 391 g/mol. The van der Waals surface area contributed by atoms with E-state index < -0.39 is 0 Å². The molecule has 7 nitrogen and oxygen atoms in total. The smallest absolute Gasteiger partial charge is 0.263 e. The van der Waals surface area contributed by atoms with Crippen molar-refractivity contribution in [2.45, 2.75) is 64.5 Å². The van der Waals surface area contributed by atoms with Crippen LogP contribution in [0.5, 0.6) is 0 Å². The Morgan fingerprint density at radius 3 is 2.39 bits per heavy atom. The average Bonchev–Trinajstić information content (AvgIpc) is 3.24. The first kappa shape index (κ1) is 22.0. The fraction of sp³-hybridized carbons (Fsp3) is 0.619. The molecule has 0 aliphatic carbocycles. The first-order valence-corrected chi connectivity index (χ1v) is 10.1. The lowest BCUT2D eigenvalue weighted by Crippen LogP contribution is -2.40. The van der Waals surface area contributed by atoms with Crippen LogP contribution in [0.1, 0.15) is 52.4 Å². The van der Waals surface area contributed by atoms with E-state index in [9.17, 15) is 9.59 Å². The van der Waals surface area contributed by atoms with Gasteiger partial charge >= 0.3 is 0 Å². The lowest BCUT2D eigenvalue weighted by molar-refractivity contribution is -0.177. The van der Waals surface area contributed by atoms with Crippen LogP contribution >= 0.6 is 0 Å². The number of nitrogens with zero attached hydrogens (tertiary/aromatic N) is 2. The van der Waals surface area contributed by atoms with Gasteiger partial charge in [-0.15, -0.1) is 5.06 Å². The molecular formula is C21H34N4O3. The van der Waals surface area contributed by atoms with Gasteiger partial charge in [0.25, 0.3) is 11.8 Å². The summed E-state index contributed by atoms with van der Waals surface area (Å²) in [5, 5.41) is 7.48. The van der Waals surface area contributed by atoms with Crippen LogP contribution in [0.4, 0.5) is 0 Å². The largest absolute Gasteiger partial charge is 0.388 e. The van der Waals surface area contributed by atoms with E-state index in [1.165, 1.54) is 6.42 Å². The third kappa shape index (κ3) is 6.12. The van der Waals surface area contributed by atoms with Gasteiger partial charge < -0.3 is 15.5 Å². The van der Waals surface area contributed by atoms with Crippen molar-refractivity contribution < 1.29 is 14.4 Å². The Morgan fingerprint density at radius 2 is 1.75 bits per heavy atom. The zero-order valence-corrected chi connectivity index (χ0v) is 17.3. The first-order valence-electron chi connectivity index (χ1n) is 10.1. The van der Waals surface area contributed by atoms with Crippen LogP contribution in [0, 0.1) is 0 Å². The van der Waals surface area contributed by atoms with Crippen LogP contribution in [0.15, 0.2) is 36.9 Å². The van der Waals surface area contributed by atoms with Crippen LogP contribution in [0.25, 0.3) is 0 Å². The van der Waals surface area contributed by atoms with E-state index in [0.29, 0.717) is 30.8 Å². The zero-order valence-electron chi connectivity index (χ0n) is 17.3.